The third-order valence-electron chi connectivity index (χ3n) is 2.11. The number of hydroxylamine groups is 1. The number of ether oxygens (including phenoxy) is 2. The molecule has 0 spiro atoms. The average molecular weight is 286 g/mol. The van der Waals surface area contributed by atoms with E-state index in [0.717, 1.165) is 0 Å². The van der Waals surface area contributed by atoms with E-state index in [1.54, 1.807) is 26.0 Å². The monoisotopic (exact) mass is 286 g/mol. The number of hydrogen-bond donors (Lipinski definition) is 1. The van der Waals surface area contributed by atoms with Gasteiger partial charge >= 0.3 is 12.1 Å². The molecule has 20 heavy (non-hydrogen) atoms. The summed E-state index contributed by atoms with van der Waals surface area (Å²) in [4.78, 5) is 29.4. The molecular weight excluding hydrogens is 268 g/mol. The summed E-state index contributed by atoms with van der Waals surface area (Å²) in [5.74, 6) is 0.696. The minimum absolute atomic E-state index is 0.00770. The summed E-state index contributed by atoms with van der Waals surface area (Å²) < 4.78 is 9.82. The smallest absolute Gasteiger partial charge is 0.404 e. The Bertz CT molecular complexity index is 455. The molecule has 0 aliphatic heterocycles. The molecule has 0 radical (unpaired) electrons. The first kappa shape index (κ1) is 15.7. The standard InChI is InChI=1S/C10H18N6O4/c1-15(2)8-12-9(16(3)18-4)14-10(13-8)20-6-5-19-7(11)17/h5-6H2,1-4H3,(H2,11,17). The van der Waals surface area contributed by atoms with Crippen molar-refractivity contribution in [3.8, 4) is 6.01 Å². The molecule has 0 aliphatic rings. The number of rotatable bonds is 7. The number of nitrogens with two attached hydrogens (primary N) is 1. The lowest BCUT2D eigenvalue weighted by Crippen LogP contribution is -2.22. The van der Waals surface area contributed by atoms with E-state index in [1.165, 1.54) is 12.2 Å². The number of carbonyl (C=O) groups excluding carboxylic acids is 1. The molecule has 0 aliphatic carbocycles. The van der Waals surface area contributed by atoms with Crippen LogP contribution in [0.2, 0.25) is 0 Å². The summed E-state index contributed by atoms with van der Waals surface area (Å²) in [5, 5.41) is 1.36. The van der Waals surface area contributed by atoms with E-state index in [-0.39, 0.29) is 25.2 Å². The maximum absolute atomic E-state index is 10.4. The van der Waals surface area contributed by atoms with Crippen molar-refractivity contribution in [1.82, 2.24) is 15.0 Å². The fourth-order valence-corrected chi connectivity index (χ4v) is 1.10. The van der Waals surface area contributed by atoms with Crippen LogP contribution in [0.25, 0.3) is 0 Å². The van der Waals surface area contributed by atoms with Crippen molar-refractivity contribution < 1.29 is 19.1 Å². The summed E-state index contributed by atoms with van der Waals surface area (Å²) in [6.45, 7) is 0.0870. The van der Waals surface area contributed by atoms with Crippen molar-refractivity contribution in [2.45, 2.75) is 0 Å². The summed E-state index contributed by atoms with van der Waals surface area (Å²) >= 11 is 0. The Hall–Kier alpha value is -2.36. The van der Waals surface area contributed by atoms with E-state index in [2.05, 4.69) is 19.7 Å². The number of amides is 1. The van der Waals surface area contributed by atoms with E-state index in [1.807, 2.05) is 0 Å². The first-order chi connectivity index (χ1) is 9.43. The molecule has 0 fully saturated rings. The van der Waals surface area contributed by atoms with Crippen molar-refractivity contribution in [2.24, 2.45) is 5.73 Å². The van der Waals surface area contributed by atoms with Gasteiger partial charge in [0.1, 0.15) is 13.2 Å². The Morgan fingerprint density at radius 2 is 1.80 bits per heavy atom. The van der Waals surface area contributed by atoms with Crippen molar-refractivity contribution in [3.63, 3.8) is 0 Å². The van der Waals surface area contributed by atoms with Crippen LogP contribution in [-0.4, -0.2) is 62.5 Å². The molecule has 0 atom stereocenters. The van der Waals surface area contributed by atoms with Gasteiger partial charge in [-0.2, -0.15) is 15.0 Å². The fraction of sp³-hybridized carbons (Fsp3) is 0.600. The van der Waals surface area contributed by atoms with Crippen molar-refractivity contribution in [3.05, 3.63) is 0 Å². The van der Waals surface area contributed by atoms with Crippen LogP contribution in [0.5, 0.6) is 6.01 Å². The summed E-state index contributed by atoms with van der Waals surface area (Å²) in [6.07, 6.45) is -0.863. The largest absolute Gasteiger partial charge is 0.460 e. The number of carbonyl (C=O) groups is 1. The zero-order valence-corrected chi connectivity index (χ0v) is 11.9. The summed E-state index contributed by atoms with van der Waals surface area (Å²) in [6, 6.07) is 0.0932. The Labute approximate surface area is 116 Å². The van der Waals surface area contributed by atoms with Crippen LogP contribution in [0.15, 0.2) is 0 Å². The lowest BCUT2D eigenvalue weighted by Gasteiger charge is -2.17. The van der Waals surface area contributed by atoms with Crippen molar-refractivity contribution in [2.75, 3.05) is 51.4 Å². The quantitative estimate of drug-likeness (QED) is 0.518. The minimum atomic E-state index is -0.863. The van der Waals surface area contributed by atoms with Gasteiger partial charge in [0.15, 0.2) is 0 Å². The lowest BCUT2D eigenvalue weighted by atomic mass is 10.7. The molecule has 0 saturated heterocycles. The summed E-state index contributed by atoms with van der Waals surface area (Å²) in [7, 11) is 6.70. The molecule has 0 bridgehead atoms. The topological polar surface area (TPSA) is 116 Å². The first-order valence-corrected chi connectivity index (χ1v) is 5.70. The van der Waals surface area contributed by atoms with E-state index < -0.39 is 6.09 Å². The van der Waals surface area contributed by atoms with Crippen LogP contribution in [0.1, 0.15) is 0 Å². The maximum atomic E-state index is 10.4. The van der Waals surface area contributed by atoms with Gasteiger partial charge in [0.25, 0.3) is 5.95 Å². The fourth-order valence-electron chi connectivity index (χ4n) is 1.10. The van der Waals surface area contributed by atoms with Crippen molar-refractivity contribution in [1.29, 1.82) is 0 Å². The van der Waals surface area contributed by atoms with Crippen LogP contribution in [0.3, 0.4) is 0 Å². The first-order valence-electron chi connectivity index (χ1n) is 5.70. The molecule has 1 heterocycles. The zero-order valence-electron chi connectivity index (χ0n) is 11.9. The minimum Gasteiger partial charge on any atom is -0.460 e. The zero-order chi connectivity index (χ0) is 15.1. The van der Waals surface area contributed by atoms with E-state index in [9.17, 15) is 4.79 Å². The SMILES string of the molecule is CON(C)c1nc(OCCOC(N)=O)nc(N(C)C)n1. The van der Waals surface area contributed by atoms with Crippen LogP contribution in [-0.2, 0) is 9.57 Å². The van der Waals surface area contributed by atoms with Gasteiger partial charge in [-0.1, -0.05) is 0 Å². The molecule has 0 aromatic carbocycles. The average Bonchev–Trinajstić information content (AvgIpc) is 2.42. The third kappa shape index (κ3) is 4.72. The molecule has 0 unspecified atom stereocenters. The van der Waals surface area contributed by atoms with Gasteiger partial charge in [-0.3, -0.25) is 4.84 Å². The maximum Gasteiger partial charge on any atom is 0.404 e. The van der Waals surface area contributed by atoms with Gasteiger partial charge in [-0.25, -0.2) is 9.86 Å². The Kier molecular flexibility index (Phi) is 5.72. The molecule has 1 aromatic rings. The van der Waals surface area contributed by atoms with E-state index >= 15 is 0 Å². The second kappa shape index (κ2) is 7.28. The normalized spacial score (nSPS) is 10.0. The Morgan fingerprint density at radius 3 is 2.35 bits per heavy atom. The molecule has 1 rings (SSSR count). The molecule has 2 N–H and O–H groups in total. The molecule has 10 heteroatoms. The van der Waals surface area contributed by atoms with Gasteiger partial charge < -0.3 is 20.1 Å². The van der Waals surface area contributed by atoms with Crippen LogP contribution in [0.4, 0.5) is 16.7 Å². The highest BCUT2D eigenvalue weighted by atomic mass is 16.7. The molecule has 112 valence electrons. The van der Waals surface area contributed by atoms with Crippen LogP contribution < -0.4 is 20.4 Å². The van der Waals surface area contributed by atoms with Gasteiger partial charge in [0, 0.05) is 21.1 Å². The number of primary amides is 1. The molecular formula is C10H18N6O4. The van der Waals surface area contributed by atoms with E-state index in [0.29, 0.717) is 5.95 Å². The third-order valence-corrected chi connectivity index (χ3v) is 2.11. The number of hydrogen-bond acceptors (Lipinski definition) is 9. The number of nitrogens with zero attached hydrogens (tertiary/aromatic N) is 5. The van der Waals surface area contributed by atoms with Gasteiger partial charge in [0.2, 0.25) is 5.95 Å². The molecule has 1 aromatic heterocycles. The predicted octanol–water partition coefficient (Wildman–Crippen LogP) is -0.591. The van der Waals surface area contributed by atoms with Gasteiger partial charge in [0.05, 0.1) is 7.11 Å². The number of anilines is 2. The highest BCUT2D eigenvalue weighted by Crippen LogP contribution is 2.15. The van der Waals surface area contributed by atoms with Gasteiger partial charge in [-0.15, -0.1) is 0 Å². The molecule has 1 amide bonds. The predicted molar refractivity (Wildman–Crippen MR) is 70.6 cm³/mol. The second-order valence-electron chi connectivity index (χ2n) is 3.81. The van der Waals surface area contributed by atoms with Crippen LogP contribution >= 0.6 is 0 Å². The number of aromatic nitrogens is 3. The second-order valence-corrected chi connectivity index (χ2v) is 3.81. The highest BCUT2D eigenvalue weighted by molar-refractivity contribution is 5.64. The molecule has 0 saturated carbocycles. The van der Waals surface area contributed by atoms with Gasteiger partial charge in [-0.05, 0) is 0 Å². The molecule has 10 nitrogen and oxygen atoms in total. The summed E-state index contributed by atoms with van der Waals surface area (Å²) in [5.41, 5.74) is 4.83. The highest BCUT2D eigenvalue weighted by Gasteiger charge is 2.12. The Balaban J connectivity index is 2.78. The Morgan fingerprint density at radius 1 is 1.15 bits per heavy atom. The van der Waals surface area contributed by atoms with Crippen LogP contribution in [0, 0.1) is 0 Å². The van der Waals surface area contributed by atoms with E-state index in [4.69, 9.17) is 15.3 Å². The lowest BCUT2D eigenvalue weighted by molar-refractivity contribution is 0.130. The van der Waals surface area contributed by atoms with Crippen molar-refractivity contribution >= 4 is 18.0 Å².